The van der Waals surface area contributed by atoms with Crippen LogP contribution >= 0.6 is 11.3 Å². The first-order chi connectivity index (χ1) is 12.9. The van der Waals surface area contributed by atoms with Gasteiger partial charge in [0.05, 0.1) is 19.3 Å². The van der Waals surface area contributed by atoms with Crippen molar-refractivity contribution in [2.45, 2.75) is 25.4 Å². The highest BCUT2D eigenvalue weighted by atomic mass is 32.1. The molecule has 2 saturated heterocycles. The molecule has 4 rings (SSSR count). The zero-order chi connectivity index (χ0) is 17.6. The molecular formula is C20H27N3O2S. The highest BCUT2D eigenvalue weighted by Crippen LogP contribution is 2.34. The minimum absolute atomic E-state index is 0.473. The van der Waals surface area contributed by atoms with Gasteiger partial charge in [-0.1, -0.05) is 12.1 Å². The SMILES string of the molecule is c1cc(CN2CCC[C@H]2c2nccs2)cc(OCCN2CCOCC2)c1. The first-order valence-electron chi connectivity index (χ1n) is 9.54. The molecule has 26 heavy (non-hydrogen) atoms. The van der Waals surface area contributed by atoms with E-state index in [1.54, 1.807) is 11.3 Å². The summed E-state index contributed by atoms with van der Waals surface area (Å²) in [4.78, 5) is 9.48. The summed E-state index contributed by atoms with van der Waals surface area (Å²) < 4.78 is 11.4. The molecule has 0 amide bonds. The molecule has 0 unspecified atom stereocenters. The number of likely N-dealkylation sites (tertiary alicyclic amines) is 1. The second-order valence-electron chi connectivity index (χ2n) is 6.95. The van der Waals surface area contributed by atoms with E-state index in [0.717, 1.165) is 58.3 Å². The van der Waals surface area contributed by atoms with Crippen LogP contribution in [0.15, 0.2) is 35.8 Å². The van der Waals surface area contributed by atoms with Crippen molar-refractivity contribution in [1.82, 2.24) is 14.8 Å². The maximum absolute atomic E-state index is 6.00. The largest absolute Gasteiger partial charge is 0.492 e. The molecule has 2 fully saturated rings. The average Bonchev–Trinajstić information content (AvgIpc) is 3.34. The number of nitrogens with zero attached hydrogens (tertiary/aromatic N) is 3. The number of aromatic nitrogens is 1. The molecule has 2 aliphatic heterocycles. The first kappa shape index (κ1) is 17.9. The van der Waals surface area contributed by atoms with E-state index in [4.69, 9.17) is 9.47 Å². The molecular weight excluding hydrogens is 346 g/mol. The van der Waals surface area contributed by atoms with Crippen molar-refractivity contribution >= 4 is 11.3 Å². The smallest absolute Gasteiger partial charge is 0.119 e. The fraction of sp³-hybridized carbons (Fsp3) is 0.550. The third-order valence-corrected chi connectivity index (χ3v) is 6.04. The Kier molecular flexibility index (Phi) is 6.17. The number of hydrogen-bond donors (Lipinski definition) is 0. The molecule has 0 bridgehead atoms. The number of morpholine rings is 1. The summed E-state index contributed by atoms with van der Waals surface area (Å²) in [5.74, 6) is 0.973. The quantitative estimate of drug-likeness (QED) is 0.745. The van der Waals surface area contributed by atoms with Gasteiger partial charge < -0.3 is 9.47 Å². The number of rotatable bonds is 7. The first-order valence-corrected chi connectivity index (χ1v) is 10.4. The maximum Gasteiger partial charge on any atom is 0.119 e. The molecule has 2 aromatic rings. The maximum atomic E-state index is 6.00. The van der Waals surface area contributed by atoms with Crippen molar-refractivity contribution in [1.29, 1.82) is 0 Å². The molecule has 5 nitrogen and oxygen atoms in total. The summed E-state index contributed by atoms with van der Waals surface area (Å²) in [6, 6.07) is 9.03. The van der Waals surface area contributed by atoms with E-state index in [9.17, 15) is 0 Å². The predicted octanol–water partition coefficient (Wildman–Crippen LogP) is 3.19. The van der Waals surface area contributed by atoms with E-state index in [1.165, 1.54) is 23.4 Å². The molecule has 1 atom stereocenters. The van der Waals surface area contributed by atoms with Crippen LogP contribution in [0.25, 0.3) is 0 Å². The van der Waals surface area contributed by atoms with E-state index in [-0.39, 0.29) is 0 Å². The molecule has 140 valence electrons. The van der Waals surface area contributed by atoms with Crippen LogP contribution in [0.3, 0.4) is 0 Å². The third-order valence-electron chi connectivity index (χ3n) is 5.16. The predicted molar refractivity (Wildman–Crippen MR) is 104 cm³/mol. The van der Waals surface area contributed by atoms with Crippen molar-refractivity contribution in [3.8, 4) is 5.75 Å². The lowest BCUT2D eigenvalue weighted by Gasteiger charge is -2.26. The van der Waals surface area contributed by atoms with Gasteiger partial charge in [0.1, 0.15) is 17.4 Å². The van der Waals surface area contributed by atoms with Gasteiger partial charge in [-0.15, -0.1) is 11.3 Å². The summed E-state index contributed by atoms with van der Waals surface area (Å²) >= 11 is 1.77. The number of thiazole rings is 1. The fourth-order valence-electron chi connectivity index (χ4n) is 3.78. The van der Waals surface area contributed by atoms with E-state index < -0.39 is 0 Å². The Hall–Kier alpha value is -1.47. The molecule has 0 spiro atoms. The lowest BCUT2D eigenvalue weighted by molar-refractivity contribution is 0.0322. The average molecular weight is 374 g/mol. The van der Waals surface area contributed by atoms with Crippen LogP contribution in [-0.2, 0) is 11.3 Å². The molecule has 0 aliphatic carbocycles. The van der Waals surface area contributed by atoms with Gasteiger partial charge in [0.25, 0.3) is 0 Å². The van der Waals surface area contributed by atoms with E-state index in [0.29, 0.717) is 6.04 Å². The summed E-state index contributed by atoms with van der Waals surface area (Å²) in [7, 11) is 0. The van der Waals surface area contributed by atoms with Gasteiger partial charge in [-0.25, -0.2) is 4.98 Å². The lowest BCUT2D eigenvalue weighted by Crippen LogP contribution is -2.38. The Labute approximate surface area is 159 Å². The normalized spacial score (nSPS) is 21.9. The van der Waals surface area contributed by atoms with Crippen LogP contribution in [0, 0.1) is 0 Å². The molecule has 0 radical (unpaired) electrons. The van der Waals surface area contributed by atoms with Crippen LogP contribution in [0.2, 0.25) is 0 Å². The Morgan fingerprint density at radius 2 is 2.15 bits per heavy atom. The standard InChI is InChI=1S/C20H27N3O2S/c1-3-17(16-23-7-2-5-19(23)20-21-6-14-26-20)15-18(4-1)25-13-10-22-8-11-24-12-9-22/h1,3-4,6,14-15,19H,2,5,7-13,16H2/t19-/m0/s1. The Morgan fingerprint density at radius 3 is 3.00 bits per heavy atom. The van der Waals surface area contributed by atoms with E-state index >= 15 is 0 Å². The molecule has 0 saturated carbocycles. The zero-order valence-corrected chi connectivity index (χ0v) is 16.0. The van der Waals surface area contributed by atoms with Gasteiger partial charge in [0.15, 0.2) is 0 Å². The molecule has 2 aliphatic rings. The molecule has 3 heterocycles. The Bertz CT molecular complexity index is 673. The van der Waals surface area contributed by atoms with Crippen molar-refractivity contribution in [3.63, 3.8) is 0 Å². The van der Waals surface area contributed by atoms with Crippen LogP contribution in [0.1, 0.15) is 29.5 Å². The van der Waals surface area contributed by atoms with Gasteiger partial charge in [-0.3, -0.25) is 9.80 Å². The van der Waals surface area contributed by atoms with Crippen molar-refractivity contribution in [2.75, 3.05) is 46.0 Å². The number of ether oxygens (including phenoxy) is 2. The third kappa shape index (κ3) is 4.62. The summed E-state index contributed by atoms with van der Waals surface area (Å²) in [5, 5.41) is 3.33. The van der Waals surface area contributed by atoms with Gasteiger partial charge in [0.2, 0.25) is 0 Å². The van der Waals surface area contributed by atoms with Gasteiger partial charge in [0, 0.05) is 37.8 Å². The van der Waals surface area contributed by atoms with Crippen molar-refractivity contribution in [3.05, 3.63) is 46.4 Å². The number of benzene rings is 1. The van der Waals surface area contributed by atoms with Gasteiger partial charge >= 0.3 is 0 Å². The molecule has 1 aromatic carbocycles. The van der Waals surface area contributed by atoms with Crippen molar-refractivity contribution < 1.29 is 9.47 Å². The Balaban J connectivity index is 1.31. The zero-order valence-electron chi connectivity index (χ0n) is 15.2. The fourth-order valence-corrected chi connectivity index (χ4v) is 4.59. The summed E-state index contributed by atoms with van der Waals surface area (Å²) in [6.07, 6.45) is 4.38. The van der Waals surface area contributed by atoms with E-state index in [1.807, 2.05) is 6.20 Å². The minimum atomic E-state index is 0.473. The number of hydrogen-bond acceptors (Lipinski definition) is 6. The molecule has 1 aromatic heterocycles. The van der Waals surface area contributed by atoms with Gasteiger partial charge in [-0.2, -0.15) is 0 Å². The second kappa shape index (κ2) is 8.95. The highest BCUT2D eigenvalue weighted by Gasteiger charge is 2.27. The molecule has 0 N–H and O–H groups in total. The minimum Gasteiger partial charge on any atom is -0.492 e. The van der Waals surface area contributed by atoms with Crippen LogP contribution in [0.4, 0.5) is 0 Å². The van der Waals surface area contributed by atoms with E-state index in [2.05, 4.69) is 44.4 Å². The Morgan fingerprint density at radius 1 is 1.23 bits per heavy atom. The molecule has 6 heteroatoms. The summed E-state index contributed by atoms with van der Waals surface area (Å²) in [5.41, 5.74) is 1.32. The summed E-state index contributed by atoms with van der Waals surface area (Å²) in [6.45, 7) is 7.50. The second-order valence-corrected chi connectivity index (χ2v) is 7.87. The lowest BCUT2D eigenvalue weighted by atomic mass is 10.2. The van der Waals surface area contributed by atoms with Crippen LogP contribution < -0.4 is 4.74 Å². The highest BCUT2D eigenvalue weighted by molar-refractivity contribution is 7.09. The monoisotopic (exact) mass is 373 g/mol. The van der Waals surface area contributed by atoms with Gasteiger partial charge in [-0.05, 0) is 37.1 Å². The topological polar surface area (TPSA) is 37.8 Å². The van der Waals surface area contributed by atoms with Crippen LogP contribution in [-0.4, -0.2) is 60.8 Å². The van der Waals surface area contributed by atoms with Crippen LogP contribution in [0.5, 0.6) is 5.75 Å². The van der Waals surface area contributed by atoms with Crippen molar-refractivity contribution in [2.24, 2.45) is 0 Å².